The van der Waals surface area contributed by atoms with Gasteiger partial charge in [0.05, 0.1) is 5.69 Å². The number of piperidine rings is 1. The average Bonchev–Trinajstić information content (AvgIpc) is 2.51. The van der Waals surface area contributed by atoms with Gasteiger partial charge in [-0.2, -0.15) is 0 Å². The van der Waals surface area contributed by atoms with E-state index in [1.54, 1.807) is 13.2 Å². The van der Waals surface area contributed by atoms with E-state index in [9.17, 15) is 4.39 Å². The molecule has 22 heavy (non-hydrogen) atoms. The molecule has 1 aliphatic rings. The Labute approximate surface area is 133 Å². The van der Waals surface area contributed by atoms with Crippen molar-refractivity contribution >= 4 is 5.69 Å². The molecule has 0 spiro atoms. The molecular weight excluding hydrogens is 279 g/mol. The number of nitrogens with one attached hydrogen (secondary N) is 1. The molecule has 3 nitrogen and oxygen atoms in total. The van der Waals surface area contributed by atoms with Gasteiger partial charge in [0.2, 0.25) is 0 Å². The lowest BCUT2D eigenvalue weighted by atomic mass is 9.99. The molecule has 124 valence electrons. The molecular formula is C18H29FN2O. The fourth-order valence-electron chi connectivity index (χ4n) is 3.11. The van der Waals surface area contributed by atoms with Crippen LogP contribution in [0.2, 0.25) is 0 Å². The molecule has 1 aromatic rings. The van der Waals surface area contributed by atoms with Crippen LogP contribution in [0.15, 0.2) is 18.2 Å². The van der Waals surface area contributed by atoms with E-state index in [1.807, 2.05) is 12.1 Å². The Morgan fingerprint density at radius 2 is 2.27 bits per heavy atom. The Kier molecular flexibility index (Phi) is 6.65. The summed E-state index contributed by atoms with van der Waals surface area (Å²) in [5, 5.41) is 3.41. The Morgan fingerprint density at radius 1 is 1.45 bits per heavy atom. The molecule has 0 saturated carbocycles. The van der Waals surface area contributed by atoms with Gasteiger partial charge >= 0.3 is 0 Å². The number of hydrogen-bond acceptors (Lipinski definition) is 3. The summed E-state index contributed by atoms with van der Waals surface area (Å²) < 4.78 is 19.5. The third-order valence-electron chi connectivity index (χ3n) is 4.45. The highest BCUT2D eigenvalue weighted by atomic mass is 19.1. The Bertz CT molecular complexity index is 466. The van der Waals surface area contributed by atoms with Crippen LogP contribution < -0.4 is 10.2 Å². The summed E-state index contributed by atoms with van der Waals surface area (Å²) in [5.41, 5.74) is 1.76. The molecule has 1 heterocycles. The van der Waals surface area contributed by atoms with E-state index >= 15 is 0 Å². The highest BCUT2D eigenvalue weighted by Crippen LogP contribution is 2.27. The second-order valence-corrected chi connectivity index (χ2v) is 6.43. The maximum absolute atomic E-state index is 14.5. The number of anilines is 1. The van der Waals surface area contributed by atoms with Crippen molar-refractivity contribution in [2.45, 2.75) is 39.2 Å². The van der Waals surface area contributed by atoms with Gasteiger partial charge in [-0.1, -0.05) is 13.0 Å². The lowest BCUT2D eigenvalue weighted by Gasteiger charge is -2.33. The molecule has 0 aromatic heterocycles. The van der Waals surface area contributed by atoms with E-state index in [-0.39, 0.29) is 11.9 Å². The molecule has 2 atom stereocenters. The fraction of sp³-hybridized carbons (Fsp3) is 0.667. The lowest BCUT2D eigenvalue weighted by molar-refractivity contribution is 0.193. The third kappa shape index (κ3) is 4.68. The summed E-state index contributed by atoms with van der Waals surface area (Å²) in [6, 6.07) is 5.82. The van der Waals surface area contributed by atoms with Crippen molar-refractivity contribution in [2.24, 2.45) is 5.92 Å². The average molecular weight is 308 g/mol. The molecule has 1 saturated heterocycles. The van der Waals surface area contributed by atoms with Crippen LogP contribution in [0.5, 0.6) is 0 Å². The molecule has 1 aromatic carbocycles. The zero-order chi connectivity index (χ0) is 15.9. The van der Waals surface area contributed by atoms with Gasteiger partial charge in [0.25, 0.3) is 0 Å². The third-order valence-corrected chi connectivity index (χ3v) is 4.45. The van der Waals surface area contributed by atoms with E-state index in [2.05, 4.69) is 24.1 Å². The van der Waals surface area contributed by atoms with Gasteiger partial charge in [-0.15, -0.1) is 0 Å². The number of ether oxygens (including phenoxy) is 1. The first-order chi connectivity index (χ1) is 10.6. The van der Waals surface area contributed by atoms with Crippen LogP contribution in [0, 0.1) is 11.7 Å². The molecule has 4 heteroatoms. The van der Waals surface area contributed by atoms with Crippen molar-refractivity contribution in [2.75, 3.05) is 38.3 Å². The number of nitrogens with zero attached hydrogens (tertiary/aromatic N) is 1. The predicted molar refractivity (Wildman–Crippen MR) is 89.9 cm³/mol. The quantitative estimate of drug-likeness (QED) is 0.776. The smallest absolute Gasteiger partial charge is 0.146 e. The molecule has 1 aliphatic heterocycles. The lowest BCUT2D eigenvalue weighted by Crippen LogP contribution is -2.34. The normalized spacial score (nSPS) is 20.2. The van der Waals surface area contributed by atoms with Crippen molar-refractivity contribution in [1.29, 1.82) is 0 Å². The summed E-state index contributed by atoms with van der Waals surface area (Å²) >= 11 is 0. The zero-order valence-electron chi connectivity index (χ0n) is 14.1. The number of methoxy groups -OCH3 is 1. The fourth-order valence-corrected chi connectivity index (χ4v) is 3.11. The summed E-state index contributed by atoms with van der Waals surface area (Å²) in [4.78, 5) is 2.18. The Morgan fingerprint density at radius 3 is 2.95 bits per heavy atom. The van der Waals surface area contributed by atoms with E-state index in [0.717, 1.165) is 50.3 Å². The Balaban J connectivity index is 1.96. The minimum absolute atomic E-state index is 0.0999. The molecule has 0 bridgehead atoms. The van der Waals surface area contributed by atoms with Gasteiger partial charge < -0.3 is 15.0 Å². The van der Waals surface area contributed by atoms with Gasteiger partial charge in [-0.05, 0) is 56.3 Å². The van der Waals surface area contributed by atoms with Crippen molar-refractivity contribution in [3.05, 3.63) is 29.6 Å². The summed E-state index contributed by atoms with van der Waals surface area (Å²) in [5.74, 6) is 0.548. The van der Waals surface area contributed by atoms with Crippen molar-refractivity contribution in [1.82, 2.24) is 5.32 Å². The summed E-state index contributed by atoms with van der Waals surface area (Å²) in [6.45, 7) is 7.86. The predicted octanol–water partition coefficient (Wildman–Crippen LogP) is 3.75. The van der Waals surface area contributed by atoms with Crippen LogP contribution in [0.1, 0.15) is 44.7 Å². The molecule has 2 unspecified atom stereocenters. The van der Waals surface area contributed by atoms with Gasteiger partial charge in [0.1, 0.15) is 5.82 Å². The van der Waals surface area contributed by atoms with Crippen LogP contribution in [0.25, 0.3) is 0 Å². The van der Waals surface area contributed by atoms with Crippen LogP contribution in [-0.4, -0.2) is 33.4 Å². The van der Waals surface area contributed by atoms with Crippen LogP contribution >= 0.6 is 0 Å². The standard InChI is InChI=1S/C18H29FN2O/c1-14-6-4-10-21(13-14)18-8-7-16(12-17(18)19)15(2)20-9-5-11-22-3/h7-8,12,14-15,20H,4-6,9-11,13H2,1-3H3. The molecule has 1 fully saturated rings. The van der Waals surface area contributed by atoms with Gasteiger partial charge in [0.15, 0.2) is 0 Å². The second kappa shape index (κ2) is 8.49. The van der Waals surface area contributed by atoms with Crippen LogP contribution in [0.4, 0.5) is 10.1 Å². The number of rotatable bonds is 7. The Hall–Kier alpha value is -1.13. The highest BCUT2D eigenvalue weighted by Gasteiger charge is 2.19. The zero-order valence-corrected chi connectivity index (χ0v) is 14.1. The van der Waals surface area contributed by atoms with Crippen molar-refractivity contribution in [3.63, 3.8) is 0 Å². The SMILES string of the molecule is COCCCNC(C)c1ccc(N2CCCC(C)C2)c(F)c1. The summed E-state index contributed by atoms with van der Waals surface area (Å²) in [7, 11) is 1.71. The molecule has 0 aliphatic carbocycles. The first-order valence-electron chi connectivity index (χ1n) is 8.38. The maximum atomic E-state index is 14.5. The molecule has 1 N–H and O–H groups in total. The topological polar surface area (TPSA) is 24.5 Å². The van der Waals surface area contributed by atoms with E-state index in [4.69, 9.17) is 4.74 Å². The van der Waals surface area contributed by atoms with Gasteiger partial charge in [-0.3, -0.25) is 0 Å². The molecule has 0 radical (unpaired) electrons. The largest absolute Gasteiger partial charge is 0.385 e. The first kappa shape index (κ1) is 17.2. The van der Waals surface area contributed by atoms with E-state index < -0.39 is 0 Å². The molecule has 0 amide bonds. The van der Waals surface area contributed by atoms with Crippen molar-refractivity contribution < 1.29 is 9.13 Å². The summed E-state index contributed by atoms with van der Waals surface area (Å²) in [6.07, 6.45) is 3.37. The minimum atomic E-state index is -0.0999. The van der Waals surface area contributed by atoms with Gasteiger partial charge in [-0.25, -0.2) is 4.39 Å². The highest BCUT2D eigenvalue weighted by molar-refractivity contribution is 5.50. The first-order valence-corrected chi connectivity index (χ1v) is 8.38. The van der Waals surface area contributed by atoms with E-state index in [0.29, 0.717) is 5.92 Å². The number of hydrogen-bond donors (Lipinski definition) is 1. The van der Waals surface area contributed by atoms with Crippen molar-refractivity contribution in [3.8, 4) is 0 Å². The molecule has 2 rings (SSSR count). The number of halogens is 1. The maximum Gasteiger partial charge on any atom is 0.146 e. The number of benzene rings is 1. The van der Waals surface area contributed by atoms with Crippen LogP contribution in [0.3, 0.4) is 0 Å². The monoisotopic (exact) mass is 308 g/mol. The van der Waals surface area contributed by atoms with E-state index in [1.165, 1.54) is 6.42 Å². The minimum Gasteiger partial charge on any atom is -0.385 e. The second-order valence-electron chi connectivity index (χ2n) is 6.43. The van der Waals surface area contributed by atoms with Crippen LogP contribution in [-0.2, 0) is 4.74 Å². The van der Waals surface area contributed by atoms with Gasteiger partial charge in [0, 0.05) is 32.8 Å².